The third kappa shape index (κ3) is 0.933. The molecule has 44 valence electrons. The maximum atomic E-state index is 5.08. The predicted molar refractivity (Wildman–Crippen MR) is 33.6 cm³/mol. The van der Waals surface area contributed by atoms with Crippen molar-refractivity contribution in [3.63, 3.8) is 0 Å². The fourth-order valence-corrected chi connectivity index (χ4v) is 2.27. The van der Waals surface area contributed by atoms with Gasteiger partial charge in [0.05, 0.1) is 0 Å². The summed E-state index contributed by atoms with van der Waals surface area (Å²) in [5.41, 5.74) is 0. The van der Waals surface area contributed by atoms with Crippen molar-refractivity contribution in [3.8, 4) is 0 Å². The zero-order valence-electron chi connectivity index (χ0n) is 4.82. The van der Waals surface area contributed by atoms with E-state index < -0.39 is 7.64 Å². The van der Waals surface area contributed by atoms with Gasteiger partial charge in [-0.05, 0) is 0 Å². The molecule has 1 rings (SSSR count). The van der Waals surface area contributed by atoms with Crippen LogP contribution >= 0.6 is 7.64 Å². The van der Waals surface area contributed by atoms with Crippen molar-refractivity contribution in [1.82, 2.24) is 5.25 Å². The molecule has 0 amide bonds. The van der Waals surface area contributed by atoms with Gasteiger partial charge in [-0.3, -0.25) is 0 Å². The van der Waals surface area contributed by atoms with Crippen molar-refractivity contribution < 1.29 is 4.62 Å². The molecule has 0 unspecified atom stereocenters. The van der Waals surface area contributed by atoms with Crippen LogP contribution in [0.2, 0.25) is 0 Å². The van der Waals surface area contributed by atoms with E-state index in [1.54, 1.807) is 0 Å². The van der Waals surface area contributed by atoms with E-state index >= 15 is 0 Å². The van der Waals surface area contributed by atoms with E-state index in [0.29, 0.717) is 0 Å². The summed E-state index contributed by atoms with van der Waals surface area (Å²) in [7, 11) is -1.15. The molecule has 3 heteroatoms. The van der Waals surface area contributed by atoms with Crippen molar-refractivity contribution in [1.29, 1.82) is 0 Å². The van der Waals surface area contributed by atoms with Gasteiger partial charge in [0.15, 0.2) is 0 Å². The third-order valence-electron chi connectivity index (χ3n) is 1.53. The standard InChI is InChI=1S/C4H12NOP/c1-3-7(4-2)5-6-7/h5,7H,3-4H2,1-2H3. The quantitative estimate of drug-likeness (QED) is 0.439. The SMILES string of the molecule is CC[PH]1(CC)NO1. The van der Waals surface area contributed by atoms with E-state index in [2.05, 4.69) is 19.1 Å². The van der Waals surface area contributed by atoms with Crippen molar-refractivity contribution in [2.24, 2.45) is 0 Å². The van der Waals surface area contributed by atoms with E-state index in [1.807, 2.05) is 0 Å². The topological polar surface area (TPSA) is 34.5 Å². The molecule has 0 aromatic rings. The van der Waals surface area contributed by atoms with Crippen LogP contribution < -0.4 is 5.25 Å². The van der Waals surface area contributed by atoms with Crippen molar-refractivity contribution in [2.45, 2.75) is 13.8 Å². The Morgan fingerprint density at radius 3 is 1.86 bits per heavy atom. The molecular formula is C4H12NOP. The van der Waals surface area contributed by atoms with Gasteiger partial charge in [0.1, 0.15) is 0 Å². The second-order valence-corrected chi connectivity index (χ2v) is 5.72. The van der Waals surface area contributed by atoms with E-state index in [1.165, 1.54) is 12.3 Å². The third-order valence-corrected chi connectivity index (χ3v) is 4.60. The molecule has 1 aliphatic rings. The van der Waals surface area contributed by atoms with Gasteiger partial charge in [-0.2, -0.15) is 0 Å². The van der Waals surface area contributed by atoms with Crippen LogP contribution in [0.15, 0.2) is 0 Å². The van der Waals surface area contributed by atoms with Crippen molar-refractivity contribution in [3.05, 3.63) is 0 Å². The minimum atomic E-state index is -1.15. The predicted octanol–water partition coefficient (Wildman–Crippen LogP) is 1.14. The first-order valence-corrected chi connectivity index (χ1v) is 5.10. The number of nitrogens with one attached hydrogen (secondary N) is 1. The summed E-state index contributed by atoms with van der Waals surface area (Å²) < 4.78 is 5.08. The van der Waals surface area contributed by atoms with Gasteiger partial charge in [0.25, 0.3) is 0 Å². The Morgan fingerprint density at radius 1 is 1.43 bits per heavy atom. The van der Waals surface area contributed by atoms with Gasteiger partial charge >= 0.3 is 43.7 Å². The molecule has 0 spiro atoms. The van der Waals surface area contributed by atoms with Gasteiger partial charge in [-0.15, -0.1) is 0 Å². The van der Waals surface area contributed by atoms with Crippen LogP contribution in [0.1, 0.15) is 13.8 Å². The number of hydrogen-bond acceptors (Lipinski definition) is 2. The Bertz CT molecular complexity index is 66.1. The maximum absolute atomic E-state index is 5.08. The average molecular weight is 121 g/mol. The van der Waals surface area contributed by atoms with Gasteiger partial charge < -0.3 is 0 Å². The molecule has 1 heterocycles. The molecule has 1 fully saturated rings. The molecule has 0 radical (unpaired) electrons. The molecular weight excluding hydrogens is 109 g/mol. The molecule has 0 aliphatic carbocycles. The second-order valence-electron chi connectivity index (χ2n) is 1.91. The Kier molecular flexibility index (Phi) is 1.33. The molecule has 0 aromatic heterocycles. The van der Waals surface area contributed by atoms with Gasteiger partial charge in [0, 0.05) is 0 Å². The summed E-state index contributed by atoms with van der Waals surface area (Å²) in [4.78, 5) is 0. The summed E-state index contributed by atoms with van der Waals surface area (Å²) in [6, 6.07) is 0. The number of rotatable bonds is 2. The fourth-order valence-electron chi connectivity index (χ4n) is 0.611. The first-order valence-electron chi connectivity index (χ1n) is 2.78. The second kappa shape index (κ2) is 1.70. The van der Waals surface area contributed by atoms with E-state index in [-0.39, 0.29) is 0 Å². The summed E-state index contributed by atoms with van der Waals surface area (Å²) >= 11 is 0. The molecule has 1 aliphatic heterocycles. The molecule has 1 N–H and O–H groups in total. The van der Waals surface area contributed by atoms with Gasteiger partial charge in [-0.25, -0.2) is 0 Å². The number of hydrogen-bond donors (Lipinski definition) is 1. The van der Waals surface area contributed by atoms with E-state index in [0.717, 1.165) is 0 Å². The van der Waals surface area contributed by atoms with Crippen LogP contribution in [0.3, 0.4) is 0 Å². The minimum absolute atomic E-state index is 1.15. The Balaban J connectivity index is 2.28. The molecule has 7 heavy (non-hydrogen) atoms. The Hall–Kier alpha value is 0.350. The molecule has 2 nitrogen and oxygen atoms in total. The summed E-state index contributed by atoms with van der Waals surface area (Å²) in [6.45, 7) is 4.35. The van der Waals surface area contributed by atoms with Crippen LogP contribution in [0.25, 0.3) is 0 Å². The van der Waals surface area contributed by atoms with Crippen molar-refractivity contribution in [2.75, 3.05) is 12.3 Å². The summed E-state index contributed by atoms with van der Waals surface area (Å²) in [5.74, 6) is 0. The first-order chi connectivity index (χ1) is 3.33. The fraction of sp³-hybridized carbons (Fsp3) is 1.00. The Morgan fingerprint density at radius 2 is 1.86 bits per heavy atom. The zero-order chi connectivity index (χ0) is 5.33. The average Bonchev–Trinajstić information content (AvgIpc) is 2.46. The molecule has 0 saturated carbocycles. The normalized spacial score (nSPS) is 29.4. The molecule has 0 aromatic carbocycles. The van der Waals surface area contributed by atoms with Gasteiger partial charge in [-0.1, -0.05) is 0 Å². The van der Waals surface area contributed by atoms with Crippen LogP contribution in [0.4, 0.5) is 0 Å². The van der Waals surface area contributed by atoms with E-state index in [4.69, 9.17) is 4.62 Å². The molecule has 0 atom stereocenters. The van der Waals surface area contributed by atoms with E-state index in [9.17, 15) is 0 Å². The Labute approximate surface area is 44.7 Å². The zero-order valence-corrected chi connectivity index (χ0v) is 5.82. The van der Waals surface area contributed by atoms with Crippen LogP contribution in [0.5, 0.6) is 0 Å². The summed E-state index contributed by atoms with van der Waals surface area (Å²) in [5, 5.41) is 2.99. The van der Waals surface area contributed by atoms with Gasteiger partial charge in [0.2, 0.25) is 0 Å². The molecule has 0 bridgehead atoms. The molecule has 1 saturated heterocycles. The monoisotopic (exact) mass is 121 g/mol. The van der Waals surface area contributed by atoms with Crippen molar-refractivity contribution >= 4 is 7.64 Å². The van der Waals surface area contributed by atoms with Crippen LogP contribution in [-0.2, 0) is 4.62 Å². The first kappa shape index (κ1) is 5.49. The summed E-state index contributed by atoms with van der Waals surface area (Å²) in [6.07, 6.45) is 2.42. The van der Waals surface area contributed by atoms with Crippen LogP contribution in [-0.4, -0.2) is 12.3 Å². The van der Waals surface area contributed by atoms with Crippen LogP contribution in [0, 0.1) is 0 Å².